The molecule has 0 aliphatic rings. The van der Waals surface area contributed by atoms with Gasteiger partial charge in [-0.3, -0.25) is 4.79 Å². The molecular weight excluding hydrogens is 610 g/mol. The van der Waals surface area contributed by atoms with E-state index in [0.717, 1.165) is 38.5 Å². The molecule has 1 amide bonds. The number of rotatable bonds is 38. The van der Waals surface area contributed by atoms with Crippen molar-refractivity contribution in [3.8, 4) is 0 Å². The summed E-state index contributed by atoms with van der Waals surface area (Å²) in [5, 5.41) is 43.5. The molecule has 0 saturated carbocycles. The normalized spacial score (nSPS) is 14.5. The molecule has 0 aromatic heterocycles. The molecule has 290 valence electrons. The monoisotopic (exact) mass is 694 g/mol. The standard InChI is InChI=1S/C43H83NO5/c1-3-5-7-9-11-13-15-17-18-19-20-21-22-23-24-25-27-28-30-32-34-36-40(46)42(48)39(38-45)44-43(49)41(47)37-35-33-31-29-26-16-14-12-10-8-6-4-2/h23-24,28,30,39-42,45-48H,3-22,25-27,29,31-38H2,1-2H3,(H,44,49)/b24-23+,30-28+. The van der Waals surface area contributed by atoms with Gasteiger partial charge in [0.05, 0.1) is 18.8 Å². The second-order valence-electron chi connectivity index (χ2n) is 14.7. The first-order valence-electron chi connectivity index (χ1n) is 21.2. The fourth-order valence-corrected chi connectivity index (χ4v) is 6.48. The SMILES string of the molecule is CCCCCCCCCCCCCC/C=C/CC/C=C/CCCC(O)C(O)C(CO)NC(=O)C(O)CCCCCCCCCCCCCC. The Balaban J connectivity index is 3.80. The van der Waals surface area contributed by atoms with Crippen molar-refractivity contribution < 1.29 is 25.2 Å². The van der Waals surface area contributed by atoms with E-state index in [2.05, 4.69) is 43.5 Å². The zero-order valence-corrected chi connectivity index (χ0v) is 32.4. The molecular formula is C43H83NO5. The summed E-state index contributed by atoms with van der Waals surface area (Å²) in [6, 6.07) is -1.00. The molecule has 0 aliphatic carbocycles. The Labute approximate surface area is 304 Å². The smallest absolute Gasteiger partial charge is 0.249 e. The van der Waals surface area contributed by atoms with Gasteiger partial charge in [-0.2, -0.15) is 0 Å². The lowest BCUT2D eigenvalue weighted by Gasteiger charge is -2.27. The number of carbonyl (C=O) groups is 1. The second-order valence-corrected chi connectivity index (χ2v) is 14.7. The molecule has 0 rings (SSSR count). The summed E-state index contributed by atoms with van der Waals surface area (Å²) in [4.78, 5) is 12.4. The summed E-state index contributed by atoms with van der Waals surface area (Å²) in [6.45, 7) is 4.02. The number of nitrogens with one attached hydrogen (secondary N) is 1. The maximum absolute atomic E-state index is 12.4. The van der Waals surface area contributed by atoms with E-state index in [4.69, 9.17) is 0 Å². The minimum absolute atomic E-state index is 0.363. The lowest BCUT2D eigenvalue weighted by molar-refractivity contribution is -0.132. The number of carbonyl (C=O) groups excluding carboxylic acids is 1. The number of aliphatic hydroxyl groups is 4. The van der Waals surface area contributed by atoms with Crippen LogP contribution in [0.1, 0.15) is 213 Å². The van der Waals surface area contributed by atoms with Gasteiger partial charge in [0, 0.05) is 0 Å². The van der Waals surface area contributed by atoms with E-state index in [1.807, 2.05) is 0 Å². The minimum Gasteiger partial charge on any atom is -0.394 e. The van der Waals surface area contributed by atoms with Crippen LogP contribution >= 0.6 is 0 Å². The lowest BCUT2D eigenvalue weighted by Crippen LogP contribution is -2.53. The first-order valence-corrected chi connectivity index (χ1v) is 21.2. The summed E-state index contributed by atoms with van der Waals surface area (Å²) < 4.78 is 0. The van der Waals surface area contributed by atoms with Gasteiger partial charge in [-0.15, -0.1) is 0 Å². The molecule has 6 nitrogen and oxygen atoms in total. The summed E-state index contributed by atoms with van der Waals surface area (Å²) >= 11 is 0. The largest absolute Gasteiger partial charge is 0.394 e. The van der Waals surface area contributed by atoms with Crippen LogP contribution in [0.25, 0.3) is 0 Å². The highest BCUT2D eigenvalue weighted by atomic mass is 16.3. The van der Waals surface area contributed by atoms with Crippen LogP contribution in [0.2, 0.25) is 0 Å². The van der Waals surface area contributed by atoms with Crippen molar-refractivity contribution in [2.24, 2.45) is 0 Å². The highest BCUT2D eigenvalue weighted by Gasteiger charge is 2.28. The first-order chi connectivity index (χ1) is 24.0. The van der Waals surface area contributed by atoms with Crippen LogP contribution in [0.3, 0.4) is 0 Å². The zero-order chi connectivity index (χ0) is 36.0. The molecule has 0 spiro atoms. The quantitative estimate of drug-likeness (QED) is 0.0327. The minimum atomic E-state index is -1.29. The fraction of sp³-hybridized carbons (Fsp3) is 0.884. The summed E-state index contributed by atoms with van der Waals surface area (Å²) in [7, 11) is 0. The number of unbranched alkanes of at least 4 members (excludes halogenated alkanes) is 25. The molecule has 0 saturated heterocycles. The molecule has 0 aromatic carbocycles. The van der Waals surface area contributed by atoms with Gasteiger partial charge in [-0.05, 0) is 51.4 Å². The molecule has 0 heterocycles. The molecule has 4 unspecified atom stereocenters. The highest BCUT2D eigenvalue weighted by Crippen LogP contribution is 2.15. The number of allylic oxidation sites excluding steroid dienone is 4. The van der Waals surface area contributed by atoms with Crippen molar-refractivity contribution in [2.45, 2.75) is 237 Å². The molecule has 4 atom stereocenters. The van der Waals surface area contributed by atoms with E-state index >= 15 is 0 Å². The Hall–Kier alpha value is -1.21. The maximum Gasteiger partial charge on any atom is 0.249 e. The van der Waals surface area contributed by atoms with Gasteiger partial charge in [-0.25, -0.2) is 0 Å². The Bertz CT molecular complexity index is 742. The third kappa shape index (κ3) is 32.4. The van der Waals surface area contributed by atoms with E-state index in [1.54, 1.807) is 0 Å². The van der Waals surface area contributed by atoms with Crippen molar-refractivity contribution >= 4 is 5.91 Å². The second kappa shape index (κ2) is 38.0. The van der Waals surface area contributed by atoms with E-state index in [0.29, 0.717) is 19.3 Å². The molecule has 0 radical (unpaired) electrons. The van der Waals surface area contributed by atoms with Crippen LogP contribution in [0.4, 0.5) is 0 Å². The average Bonchev–Trinajstić information content (AvgIpc) is 3.11. The van der Waals surface area contributed by atoms with Gasteiger partial charge in [-0.1, -0.05) is 186 Å². The van der Waals surface area contributed by atoms with Crippen molar-refractivity contribution in [3.05, 3.63) is 24.3 Å². The van der Waals surface area contributed by atoms with Crippen LogP contribution in [0.15, 0.2) is 24.3 Å². The summed E-state index contributed by atoms with van der Waals surface area (Å²) in [5.74, 6) is -0.598. The molecule has 0 aliphatic heterocycles. The third-order valence-electron chi connectivity index (χ3n) is 9.89. The molecule has 0 aromatic rings. The molecule has 0 bridgehead atoms. The Morgan fingerprint density at radius 2 is 0.857 bits per heavy atom. The van der Waals surface area contributed by atoms with Crippen molar-refractivity contribution in [1.29, 1.82) is 0 Å². The summed E-state index contributed by atoms with van der Waals surface area (Å²) in [6.07, 6.45) is 42.1. The fourth-order valence-electron chi connectivity index (χ4n) is 6.48. The molecule has 5 N–H and O–H groups in total. The van der Waals surface area contributed by atoms with Crippen LogP contribution < -0.4 is 5.32 Å². The predicted octanol–water partition coefficient (Wildman–Crippen LogP) is 10.8. The number of amides is 1. The van der Waals surface area contributed by atoms with Gasteiger partial charge in [0.1, 0.15) is 12.2 Å². The van der Waals surface area contributed by atoms with Crippen molar-refractivity contribution in [3.63, 3.8) is 0 Å². The van der Waals surface area contributed by atoms with Gasteiger partial charge < -0.3 is 25.7 Å². The van der Waals surface area contributed by atoms with Gasteiger partial charge in [0.15, 0.2) is 0 Å². The predicted molar refractivity (Wildman–Crippen MR) is 210 cm³/mol. The molecule has 6 heteroatoms. The Morgan fingerprint density at radius 3 is 1.29 bits per heavy atom. The molecule has 49 heavy (non-hydrogen) atoms. The van der Waals surface area contributed by atoms with E-state index in [-0.39, 0.29) is 0 Å². The lowest BCUT2D eigenvalue weighted by atomic mass is 10.00. The van der Waals surface area contributed by atoms with Crippen LogP contribution in [0, 0.1) is 0 Å². The topological polar surface area (TPSA) is 110 Å². The zero-order valence-electron chi connectivity index (χ0n) is 32.4. The van der Waals surface area contributed by atoms with E-state index in [9.17, 15) is 25.2 Å². The van der Waals surface area contributed by atoms with Crippen molar-refractivity contribution in [1.82, 2.24) is 5.32 Å². The summed E-state index contributed by atoms with van der Waals surface area (Å²) in [5.41, 5.74) is 0. The first kappa shape index (κ1) is 47.8. The van der Waals surface area contributed by atoms with Crippen LogP contribution in [-0.4, -0.2) is 57.3 Å². The van der Waals surface area contributed by atoms with Gasteiger partial charge in [0.25, 0.3) is 0 Å². The van der Waals surface area contributed by atoms with Gasteiger partial charge >= 0.3 is 0 Å². The Kier molecular flexibility index (Phi) is 37.1. The van der Waals surface area contributed by atoms with Crippen LogP contribution in [0.5, 0.6) is 0 Å². The van der Waals surface area contributed by atoms with E-state index < -0.39 is 36.9 Å². The number of hydrogen-bond acceptors (Lipinski definition) is 5. The maximum atomic E-state index is 12.4. The Morgan fingerprint density at radius 1 is 0.490 bits per heavy atom. The van der Waals surface area contributed by atoms with Crippen molar-refractivity contribution in [2.75, 3.05) is 6.61 Å². The van der Waals surface area contributed by atoms with Gasteiger partial charge in [0.2, 0.25) is 5.91 Å². The number of aliphatic hydroxyl groups excluding tert-OH is 4. The molecule has 0 fully saturated rings. The third-order valence-corrected chi connectivity index (χ3v) is 9.89. The van der Waals surface area contributed by atoms with E-state index in [1.165, 1.54) is 141 Å². The average molecular weight is 694 g/mol. The highest BCUT2D eigenvalue weighted by molar-refractivity contribution is 5.80. The van der Waals surface area contributed by atoms with Crippen LogP contribution in [-0.2, 0) is 4.79 Å². The number of hydrogen-bond donors (Lipinski definition) is 5.